The van der Waals surface area contributed by atoms with Crippen LogP contribution in [0.1, 0.15) is 21.5 Å². The van der Waals surface area contributed by atoms with Crippen molar-refractivity contribution in [1.29, 1.82) is 0 Å². The van der Waals surface area contributed by atoms with Gasteiger partial charge in [0.15, 0.2) is 0 Å². The Hall–Kier alpha value is -3.36. The number of nitrogens with one attached hydrogen (secondary N) is 2. The monoisotopic (exact) mass is 379 g/mol. The first-order valence-corrected chi connectivity index (χ1v) is 7.71. The average molecular weight is 379 g/mol. The molecule has 2 aromatic carbocycles. The van der Waals surface area contributed by atoms with Crippen LogP contribution in [0.15, 0.2) is 53.6 Å². The molecule has 2 aromatic rings. The van der Waals surface area contributed by atoms with Crippen LogP contribution in [0.3, 0.4) is 0 Å². The third-order valence-corrected chi connectivity index (χ3v) is 3.41. The van der Waals surface area contributed by atoms with Crippen LogP contribution in [-0.2, 0) is 11.0 Å². The van der Waals surface area contributed by atoms with E-state index < -0.39 is 35.7 Å². The van der Waals surface area contributed by atoms with Crippen LogP contribution in [0.4, 0.5) is 13.2 Å². The Balaban J connectivity index is 1.88. The van der Waals surface area contributed by atoms with Crippen molar-refractivity contribution >= 4 is 18.0 Å². The van der Waals surface area contributed by atoms with Crippen LogP contribution in [0.2, 0.25) is 0 Å². The second kappa shape index (κ2) is 8.84. The van der Waals surface area contributed by atoms with Gasteiger partial charge in [0.25, 0.3) is 11.8 Å². The van der Waals surface area contributed by atoms with Crippen molar-refractivity contribution in [1.82, 2.24) is 10.7 Å². The molecule has 0 aromatic heterocycles. The highest BCUT2D eigenvalue weighted by molar-refractivity contribution is 5.98. The molecule has 0 unspecified atom stereocenters. The largest absolute Gasteiger partial charge is 0.497 e. The summed E-state index contributed by atoms with van der Waals surface area (Å²) in [5, 5.41) is 5.84. The zero-order valence-corrected chi connectivity index (χ0v) is 14.2. The Kier molecular flexibility index (Phi) is 6.53. The molecule has 0 aliphatic carbocycles. The molecule has 0 spiro atoms. The van der Waals surface area contributed by atoms with E-state index in [1.165, 1.54) is 25.5 Å². The van der Waals surface area contributed by atoms with Crippen molar-refractivity contribution in [3.05, 3.63) is 65.2 Å². The van der Waals surface area contributed by atoms with Crippen LogP contribution in [-0.4, -0.2) is 31.7 Å². The lowest BCUT2D eigenvalue weighted by atomic mass is 10.1. The number of benzene rings is 2. The lowest BCUT2D eigenvalue weighted by Gasteiger charge is -2.12. The molecule has 0 aliphatic rings. The molecular formula is C18H16F3N3O3. The number of nitrogens with zero attached hydrogens (tertiary/aromatic N) is 1. The van der Waals surface area contributed by atoms with Gasteiger partial charge in [-0.3, -0.25) is 9.59 Å². The van der Waals surface area contributed by atoms with E-state index >= 15 is 0 Å². The number of carbonyl (C=O) groups is 2. The minimum Gasteiger partial charge on any atom is -0.497 e. The molecular weight excluding hydrogens is 363 g/mol. The summed E-state index contributed by atoms with van der Waals surface area (Å²) in [4.78, 5) is 23.6. The van der Waals surface area contributed by atoms with Gasteiger partial charge in [0.1, 0.15) is 5.75 Å². The Morgan fingerprint density at radius 2 is 1.78 bits per heavy atom. The number of amides is 2. The molecule has 2 amide bonds. The van der Waals surface area contributed by atoms with E-state index in [1.54, 1.807) is 24.3 Å². The smallest absolute Gasteiger partial charge is 0.417 e. The van der Waals surface area contributed by atoms with Crippen LogP contribution in [0.5, 0.6) is 5.75 Å². The van der Waals surface area contributed by atoms with Gasteiger partial charge in [-0.25, -0.2) is 5.43 Å². The Morgan fingerprint density at radius 3 is 2.41 bits per heavy atom. The van der Waals surface area contributed by atoms with Gasteiger partial charge in [-0.05, 0) is 42.0 Å². The fraction of sp³-hybridized carbons (Fsp3) is 0.167. The zero-order valence-electron chi connectivity index (χ0n) is 14.2. The van der Waals surface area contributed by atoms with Crippen molar-refractivity contribution in [2.75, 3.05) is 13.7 Å². The van der Waals surface area contributed by atoms with Crippen molar-refractivity contribution in [3.63, 3.8) is 0 Å². The summed E-state index contributed by atoms with van der Waals surface area (Å²) in [6.07, 6.45) is -3.29. The van der Waals surface area contributed by atoms with Crippen molar-refractivity contribution in [2.45, 2.75) is 6.18 Å². The predicted molar refractivity (Wildman–Crippen MR) is 92.5 cm³/mol. The molecule has 27 heavy (non-hydrogen) atoms. The third kappa shape index (κ3) is 5.84. The number of hydrazone groups is 1. The summed E-state index contributed by atoms with van der Waals surface area (Å²) in [6.45, 7) is -0.523. The van der Waals surface area contributed by atoms with Crippen molar-refractivity contribution < 1.29 is 27.5 Å². The standard InChI is InChI=1S/C18H16F3N3O3/c1-27-13-8-6-12(7-9-13)10-23-24-16(25)11-22-17(26)14-4-2-3-5-15(14)18(19,20)21/h2-10H,11H2,1H3,(H,22,26)(H,24,25)/b23-10+. The Labute approximate surface area is 153 Å². The molecule has 0 radical (unpaired) electrons. The lowest BCUT2D eigenvalue weighted by Crippen LogP contribution is -2.35. The maximum Gasteiger partial charge on any atom is 0.417 e. The van der Waals surface area contributed by atoms with E-state index in [4.69, 9.17) is 4.74 Å². The highest BCUT2D eigenvalue weighted by Crippen LogP contribution is 2.31. The Bertz CT molecular complexity index is 834. The number of hydrogen-bond donors (Lipinski definition) is 2. The van der Waals surface area contributed by atoms with Gasteiger partial charge in [0.05, 0.1) is 31.0 Å². The van der Waals surface area contributed by atoms with Gasteiger partial charge in [-0.15, -0.1) is 0 Å². The number of hydrogen-bond acceptors (Lipinski definition) is 4. The summed E-state index contributed by atoms with van der Waals surface area (Å²) in [6, 6.07) is 11.2. The van der Waals surface area contributed by atoms with Crippen molar-refractivity contribution in [2.24, 2.45) is 5.10 Å². The lowest BCUT2D eigenvalue weighted by molar-refractivity contribution is -0.137. The summed E-state index contributed by atoms with van der Waals surface area (Å²) < 4.78 is 43.7. The number of rotatable bonds is 6. The predicted octanol–water partition coefficient (Wildman–Crippen LogP) is 2.59. The molecule has 9 heteroatoms. The SMILES string of the molecule is COc1ccc(/C=N/NC(=O)CNC(=O)c2ccccc2C(F)(F)F)cc1. The molecule has 0 saturated carbocycles. The van der Waals surface area contributed by atoms with Gasteiger partial charge in [-0.2, -0.15) is 18.3 Å². The van der Waals surface area contributed by atoms with Gasteiger partial charge < -0.3 is 10.1 Å². The highest BCUT2D eigenvalue weighted by Gasteiger charge is 2.34. The second-order valence-electron chi connectivity index (χ2n) is 5.29. The maximum absolute atomic E-state index is 12.9. The highest BCUT2D eigenvalue weighted by atomic mass is 19.4. The molecule has 0 fully saturated rings. The van der Waals surface area contributed by atoms with Crippen LogP contribution in [0.25, 0.3) is 0 Å². The first-order chi connectivity index (χ1) is 12.8. The zero-order chi connectivity index (χ0) is 19.9. The average Bonchev–Trinajstić information content (AvgIpc) is 2.66. The molecule has 0 aliphatic heterocycles. The Morgan fingerprint density at radius 1 is 1.11 bits per heavy atom. The molecule has 0 heterocycles. The first kappa shape index (κ1) is 20.0. The van der Waals surface area contributed by atoms with E-state index in [9.17, 15) is 22.8 Å². The molecule has 2 rings (SSSR count). The van der Waals surface area contributed by atoms with Crippen LogP contribution in [0, 0.1) is 0 Å². The quantitative estimate of drug-likeness (QED) is 0.598. The minimum absolute atomic E-state index is 0.523. The number of carbonyl (C=O) groups excluding carboxylic acids is 2. The molecule has 6 nitrogen and oxygen atoms in total. The van der Waals surface area contributed by atoms with Gasteiger partial charge >= 0.3 is 6.18 Å². The fourth-order valence-corrected chi connectivity index (χ4v) is 2.09. The van der Waals surface area contributed by atoms with E-state index in [0.29, 0.717) is 11.3 Å². The molecule has 2 N–H and O–H groups in total. The van der Waals surface area contributed by atoms with Crippen LogP contribution < -0.4 is 15.5 Å². The van der Waals surface area contributed by atoms with Gasteiger partial charge in [0, 0.05) is 0 Å². The van der Waals surface area contributed by atoms with E-state index in [-0.39, 0.29) is 0 Å². The normalized spacial score (nSPS) is 11.3. The minimum atomic E-state index is -4.67. The number of ether oxygens (including phenoxy) is 1. The van der Waals surface area contributed by atoms with Crippen molar-refractivity contribution in [3.8, 4) is 5.75 Å². The molecule has 0 atom stereocenters. The van der Waals surface area contributed by atoms with E-state index in [0.717, 1.165) is 12.1 Å². The number of alkyl halides is 3. The van der Waals surface area contributed by atoms with E-state index in [1.807, 2.05) is 0 Å². The molecule has 0 saturated heterocycles. The summed E-state index contributed by atoms with van der Waals surface area (Å²) in [5.41, 5.74) is 1.24. The molecule has 0 bridgehead atoms. The van der Waals surface area contributed by atoms with Gasteiger partial charge in [0.2, 0.25) is 0 Å². The first-order valence-electron chi connectivity index (χ1n) is 7.71. The van der Waals surface area contributed by atoms with Crippen LogP contribution >= 0.6 is 0 Å². The van der Waals surface area contributed by atoms with Gasteiger partial charge in [-0.1, -0.05) is 12.1 Å². The summed E-state index contributed by atoms with van der Waals surface area (Å²) >= 11 is 0. The third-order valence-electron chi connectivity index (χ3n) is 3.41. The maximum atomic E-state index is 12.9. The second-order valence-corrected chi connectivity index (χ2v) is 5.29. The fourth-order valence-electron chi connectivity index (χ4n) is 2.09. The van der Waals surface area contributed by atoms with E-state index in [2.05, 4.69) is 15.8 Å². The summed E-state index contributed by atoms with van der Waals surface area (Å²) in [7, 11) is 1.53. The number of methoxy groups -OCH3 is 1. The molecule has 142 valence electrons. The number of halogens is 3. The topological polar surface area (TPSA) is 79.8 Å². The summed E-state index contributed by atoms with van der Waals surface area (Å²) in [5.74, 6) is -1.02.